The van der Waals surface area contributed by atoms with Crippen molar-refractivity contribution in [2.45, 2.75) is 21.8 Å². The van der Waals surface area contributed by atoms with Gasteiger partial charge in [0.05, 0.1) is 28.3 Å². The summed E-state index contributed by atoms with van der Waals surface area (Å²) in [6.45, 7) is 1.22. The van der Waals surface area contributed by atoms with Gasteiger partial charge in [-0.2, -0.15) is 0 Å². The monoisotopic (exact) mass is 760 g/mol. The number of nitrogens with zero attached hydrogens (tertiary/aromatic N) is 1. The first-order valence-corrected chi connectivity index (χ1v) is 18.3. The van der Waals surface area contributed by atoms with Crippen LogP contribution in [0.5, 0.6) is 0 Å². The molecule has 1 amide bonds. The van der Waals surface area contributed by atoms with Crippen LogP contribution in [0, 0.1) is 12.7 Å². The molecule has 2 atom stereocenters. The maximum Gasteiger partial charge on any atom is 0.261 e. The highest BCUT2D eigenvalue weighted by atomic mass is 79.9. The largest absolute Gasteiger partial charge is 0.378 e. The molecule has 2 unspecified atom stereocenters. The fourth-order valence-corrected chi connectivity index (χ4v) is 10.1. The Hall–Kier alpha value is -2.25. The molecule has 4 N–H and O–H groups in total. The van der Waals surface area contributed by atoms with Gasteiger partial charge in [0.1, 0.15) is 11.1 Å². The van der Waals surface area contributed by atoms with Crippen molar-refractivity contribution in [2.24, 2.45) is 5.14 Å². The molecule has 2 aliphatic rings. The predicted octanol–water partition coefficient (Wildman–Crippen LogP) is 2.63. The first-order valence-electron chi connectivity index (χ1n) is 12.1. The number of halogens is 4. The molecule has 1 aliphatic heterocycles. The summed E-state index contributed by atoms with van der Waals surface area (Å²) in [6, 6.07) is 5.56. The molecule has 0 saturated carbocycles. The molecular formula is C24H24BrCl2FN4O8S3. The van der Waals surface area contributed by atoms with Crippen molar-refractivity contribution in [1.82, 2.24) is 9.62 Å². The number of carbonyl (C=O) groups excluding carboxylic acids is 1. The fourth-order valence-electron chi connectivity index (χ4n) is 4.54. The molecule has 1 saturated heterocycles. The number of ether oxygens (including phenoxy) is 1. The van der Waals surface area contributed by atoms with Crippen molar-refractivity contribution in [1.29, 1.82) is 0 Å². The quantitative estimate of drug-likeness (QED) is 0.367. The third kappa shape index (κ3) is 6.88. The van der Waals surface area contributed by atoms with E-state index in [2.05, 4.69) is 25.4 Å². The van der Waals surface area contributed by atoms with Crippen molar-refractivity contribution in [3.8, 4) is 0 Å². The lowest BCUT2D eigenvalue weighted by Gasteiger charge is -2.40. The summed E-state index contributed by atoms with van der Waals surface area (Å²) in [4.78, 5) is 14.9. The molecule has 4 rings (SSSR count). The number of hydrogen-bond donors (Lipinski definition) is 3. The Morgan fingerprint density at radius 2 is 1.65 bits per heavy atom. The van der Waals surface area contributed by atoms with E-state index < -0.39 is 62.4 Å². The van der Waals surface area contributed by atoms with Crippen LogP contribution in [0.15, 0.2) is 63.6 Å². The van der Waals surface area contributed by atoms with E-state index in [1.807, 2.05) is 0 Å². The molecule has 12 nitrogen and oxygen atoms in total. The topological polar surface area (TPSA) is 182 Å². The highest BCUT2D eigenvalue weighted by molar-refractivity contribution is 9.10. The van der Waals surface area contributed by atoms with Gasteiger partial charge in [0.2, 0.25) is 14.8 Å². The van der Waals surface area contributed by atoms with Crippen LogP contribution < -0.4 is 14.6 Å². The normalized spacial score (nSPS) is 21.3. The van der Waals surface area contributed by atoms with Gasteiger partial charge in [0, 0.05) is 28.8 Å². The van der Waals surface area contributed by atoms with Crippen molar-refractivity contribution in [3.05, 3.63) is 80.2 Å². The number of hydrogen-bond acceptors (Lipinski definition) is 8. The second kappa shape index (κ2) is 12.3. The Kier molecular flexibility index (Phi) is 9.60. The summed E-state index contributed by atoms with van der Waals surface area (Å²) in [7, 11) is -14.6. The number of benzene rings is 2. The molecule has 0 bridgehead atoms. The Morgan fingerprint density at radius 3 is 2.23 bits per heavy atom. The van der Waals surface area contributed by atoms with Crippen LogP contribution in [-0.4, -0.2) is 72.4 Å². The second-order valence-corrected chi connectivity index (χ2v) is 16.5. The summed E-state index contributed by atoms with van der Waals surface area (Å²) >= 11 is 14.9. The molecule has 1 heterocycles. The van der Waals surface area contributed by atoms with Gasteiger partial charge in [-0.1, -0.05) is 29.3 Å². The van der Waals surface area contributed by atoms with E-state index in [9.17, 15) is 34.4 Å². The summed E-state index contributed by atoms with van der Waals surface area (Å²) in [6.07, 6.45) is 2.46. The number of amides is 1. The standard InChI is InChI=1S/C24H24BrCl2FN4O8S3/c1-14-8-20(28)19(25)12-21(14)31-43(38,39)24(23(33)32-4-6-40-7-5-32)13-17(2-3-22(24)41(29,34)35)30-42(36,37)18-10-15(26)9-16(27)11-18/h2-3,8-13,22,30-31H,4-7H2,1H3,(H2,29,34,35). The van der Waals surface area contributed by atoms with Gasteiger partial charge < -0.3 is 9.64 Å². The van der Waals surface area contributed by atoms with E-state index in [1.54, 1.807) is 0 Å². The summed E-state index contributed by atoms with van der Waals surface area (Å²) < 4.78 is 102. The molecule has 0 aromatic heterocycles. The van der Waals surface area contributed by atoms with Crippen LogP contribution in [0.3, 0.4) is 0 Å². The average Bonchev–Trinajstić information content (AvgIpc) is 2.90. The van der Waals surface area contributed by atoms with Crippen molar-refractivity contribution in [3.63, 3.8) is 0 Å². The minimum Gasteiger partial charge on any atom is -0.378 e. The summed E-state index contributed by atoms with van der Waals surface area (Å²) in [5.74, 6) is -1.92. The third-order valence-corrected chi connectivity index (χ3v) is 12.3. The lowest BCUT2D eigenvalue weighted by atomic mass is 9.95. The highest BCUT2D eigenvalue weighted by Gasteiger charge is 2.61. The Morgan fingerprint density at radius 1 is 1.05 bits per heavy atom. The Balaban J connectivity index is 1.94. The second-order valence-electron chi connectivity index (χ2n) is 9.56. The molecule has 0 radical (unpaired) electrons. The van der Waals surface area contributed by atoms with Crippen molar-refractivity contribution < 1.29 is 39.2 Å². The van der Waals surface area contributed by atoms with Crippen molar-refractivity contribution in [2.75, 3.05) is 31.0 Å². The lowest BCUT2D eigenvalue weighted by molar-refractivity contribution is -0.136. The Labute approximate surface area is 266 Å². The van der Waals surface area contributed by atoms with E-state index in [1.165, 1.54) is 13.0 Å². The van der Waals surface area contributed by atoms with Gasteiger partial charge in [-0.3, -0.25) is 14.2 Å². The van der Waals surface area contributed by atoms with E-state index in [-0.39, 0.29) is 52.1 Å². The minimum atomic E-state index is -5.19. The van der Waals surface area contributed by atoms with E-state index >= 15 is 0 Å². The lowest BCUT2D eigenvalue weighted by Crippen LogP contribution is -2.65. The van der Waals surface area contributed by atoms with Gasteiger partial charge in [0.25, 0.3) is 26.0 Å². The number of rotatable bonds is 8. The first-order chi connectivity index (χ1) is 19.9. The molecule has 43 heavy (non-hydrogen) atoms. The number of sulfonamides is 3. The fraction of sp³-hybridized carbons (Fsp3) is 0.292. The van der Waals surface area contributed by atoms with Gasteiger partial charge >= 0.3 is 0 Å². The maximum atomic E-state index is 14.3. The van der Waals surface area contributed by atoms with Crippen LogP contribution >= 0.6 is 39.1 Å². The molecule has 2 aromatic rings. The van der Waals surface area contributed by atoms with Gasteiger partial charge in [-0.05, 0) is 70.9 Å². The zero-order chi connectivity index (χ0) is 32.0. The maximum absolute atomic E-state index is 14.3. The molecule has 2 aromatic carbocycles. The zero-order valence-corrected chi connectivity index (χ0v) is 27.6. The Bertz CT molecular complexity index is 1850. The molecule has 1 fully saturated rings. The van der Waals surface area contributed by atoms with Crippen LogP contribution in [0.1, 0.15) is 5.56 Å². The average molecular weight is 762 g/mol. The number of anilines is 1. The minimum absolute atomic E-state index is 0.0141. The van der Waals surface area contributed by atoms with E-state index in [4.69, 9.17) is 33.1 Å². The van der Waals surface area contributed by atoms with Crippen LogP contribution in [0.4, 0.5) is 10.1 Å². The number of aryl methyl sites for hydroxylation is 1. The molecule has 0 spiro atoms. The zero-order valence-electron chi connectivity index (χ0n) is 22.1. The number of allylic oxidation sites excluding steroid dienone is 1. The molecule has 19 heteroatoms. The summed E-state index contributed by atoms with van der Waals surface area (Å²) in [5.41, 5.74) is -0.561. The van der Waals surface area contributed by atoms with Gasteiger partial charge in [0.15, 0.2) is 0 Å². The SMILES string of the molecule is Cc1cc(F)c(Br)cc1NS(=O)(=O)C1(C(=O)N2CCOCC2)C=C(NS(=O)(=O)c2cc(Cl)cc(Cl)c2)C=CC1S(N)(=O)=O. The van der Waals surface area contributed by atoms with Crippen LogP contribution in [-0.2, 0) is 39.6 Å². The molecule has 234 valence electrons. The smallest absolute Gasteiger partial charge is 0.261 e. The number of nitrogens with one attached hydrogen (secondary N) is 2. The first kappa shape index (κ1) is 33.6. The van der Waals surface area contributed by atoms with E-state index in [0.29, 0.717) is 6.08 Å². The van der Waals surface area contributed by atoms with Gasteiger partial charge in [-0.25, -0.2) is 34.8 Å². The number of primary sulfonamides is 1. The van der Waals surface area contributed by atoms with Crippen LogP contribution in [0.2, 0.25) is 10.0 Å². The molecular weight excluding hydrogens is 738 g/mol. The number of nitrogens with two attached hydrogens (primary N) is 1. The number of morpholine rings is 1. The predicted molar refractivity (Wildman–Crippen MR) is 162 cm³/mol. The highest BCUT2D eigenvalue weighted by Crippen LogP contribution is 2.38. The number of carbonyl (C=O) groups is 1. The van der Waals surface area contributed by atoms with Gasteiger partial charge in [-0.15, -0.1) is 0 Å². The van der Waals surface area contributed by atoms with Crippen molar-refractivity contribution >= 4 is 80.8 Å². The third-order valence-electron chi connectivity index (χ3n) is 6.58. The van der Waals surface area contributed by atoms with E-state index in [0.717, 1.165) is 41.3 Å². The molecule has 1 aliphatic carbocycles. The summed E-state index contributed by atoms with van der Waals surface area (Å²) in [5, 5.41) is 3.25. The van der Waals surface area contributed by atoms with Crippen LogP contribution in [0.25, 0.3) is 0 Å².